The molecule has 44 unspecified atom stereocenters. The molecule has 8 saturated heterocycles. The first-order valence-corrected chi connectivity index (χ1v) is 44.9. The topological polar surface area (TPSA) is 651 Å². The maximum absolute atomic E-state index is 16.4. The average molecular weight is 1870 g/mol. The van der Waals surface area contributed by atoms with Crippen LogP contribution in [0.1, 0.15) is 147 Å². The number of hydrogen-bond acceptors (Lipinski definition) is 42. The lowest BCUT2D eigenvalue weighted by Crippen LogP contribution is -2.69. The number of carbonyl (C=O) groups excluding carboxylic acids is 4. The van der Waals surface area contributed by atoms with Crippen molar-refractivity contribution in [3.63, 3.8) is 0 Å². The van der Waals surface area contributed by atoms with E-state index in [9.17, 15) is 117 Å². The summed E-state index contributed by atoms with van der Waals surface area (Å²) in [5.41, 5.74) is -7.64. The van der Waals surface area contributed by atoms with Crippen molar-refractivity contribution in [2.45, 2.75) is 373 Å². The van der Waals surface area contributed by atoms with E-state index in [1.54, 1.807) is 0 Å². The van der Waals surface area contributed by atoms with E-state index in [-0.39, 0.29) is 43.1 Å². The van der Waals surface area contributed by atoms with Crippen molar-refractivity contribution < 1.29 is 207 Å². The van der Waals surface area contributed by atoms with Gasteiger partial charge < -0.3 is 193 Å². The van der Waals surface area contributed by atoms with Crippen LogP contribution < -0.4 is 5.32 Å². The molecule has 0 aromatic heterocycles. The summed E-state index contributed by atoms with van der Waals surface area (Å²) in [7, 11) is 0. The minimum absolute atomic E-state index is 0.00753. The van der Waals surface area contributed by atoms with Crippen molar-refractivity contribution >= 4 is 23.8 Å². The number of ether oxygens (including phenoxy) is 18. The Balaban J connectivity index is 0.772. The maximum Gasteiger partial charge on any atom is 0.333 e. The second kappa shape index (κ2) is 40.3. The largest absolute Gasteiger partial charge is 0.463 e. The van der Waals surface area contributed by atoms with Gasteiger partial charge in [0.2, 0.25) is 12.2 Å². The summed E-state index contributed by atoms with van der Waals surface area (Å²) in [6.45, 7) is 17.3. The number of aliphatic hydroxyl groups excluding tert-OH is 18. The summed E-state index contributed by atoms with van der Waals surface area (Å²) >= 11 is 0. The van der Waals surface area contributed by atoms with E-state index in [4.69, 9.17) is 85.3 Å². The number of rotatable bonds is 28. The predicted molar refractivity (Wildman–Crippen MR) is 434 cm³/mol. The lowest BCUT2D eigenvalue weighted by molar-refractivity contribution is -0.377. The quantitative estimate of drug-likeness (QED) is 0.0114. The fourth-order valence-electron chi connectivity index (χ4n) is 22.8. The van der Waals surface area contributed by atoms with Crippen LogP contribution in [-0.2, 0) is 104 Å². The molecule has 0 bridgehead atoms. The summed E-state index contributed by atoms with van der Waals surface area (Å²) in [4.78, 5) is 56.2. The van der Waals surface area contributed by atoms with Crippen molar-refractivity contribution in [3.05, 3.63) is 36.0 Å². The van der Waals surface area contributed by atoms with Gasteiger partial charge in [-0.25, -0.2) is 4.79 Å². The Morgan fingerprint density at radius 2 is 1.10 bits per heavy atom. The lowest BCUT2D eigenvalue weighted by atomic mass is 9.33. The van der Waals surface area contributed by atoms with Crippen molar-refractivity contribution in [2.24, 2.45) is 50.2 Å². The minimum Gasteiger partial charge on any atom is -0.463 e. The Kier molecular flexibility index (Phi) is 31.9. The van der Waals surface area contributed by atoms with Crippen molar-refractivity contribution in [1.82, 2.24) is 5.32 Å². The third kappa shape index (κ3) is 19.9. The fourth-order valence-corrected chi connectivity index (χ4v) is 22.8. The Hall–Kier alpha value is -4.30. The van der Waals surface area contributed by atoms with Crippen LogP contribution in [0.25, 0.3) is 0 Å². The number of hydrogen-bond donors (Lipinski definition) is 21. The van der Waals surface area contributed by atoms with Gasteiger partial charge in [-0.2, -0.15) is 0 Å². The van der Waals surface area contributed by atoms with Crippen molar-refractivity contribution in [2.75, 3.05) is 59.5 Å². The molecule has 8 heterocycles. The number of aliphatic hydroxyl groups is 20. The third-order valence-electron chi connectivity index (χ3n) is 30.8. The maximum atomic E-state index is 16.4. The van der Waals surface area contributed by atoms with Crippen molar-refractivity contribution in [1.29, 1.82) is 0 Å². The molecule has 1 amide bonds. The average Bonchev–Trinajstić information content (AvgIpc) is 0.692. The first-order chi connectivity index (χ1) is 60.9. The Morgan fingerprint density at radius 1 is 0.546 bits per heavy atom. The van der Waals surface area contributed by atoms with Crippen LogP contribution in [0.5, 0.6) is 0 Å². The van der Waals surface area contributed by atoms with E-state index in [1.165, 1.54) is 32.9 Å². The third-order valence-corrected chi connectivity index (χ3v) is 30.8. The van der Waals surface area contributed by atoms with Gasteiger partial charge in [-0.3, -0.25) is 14.4 Å². The highest BCUT2D eigenvalue weighted by Gasteiger charge is 2.73. The second-order valence-electron chi connectivity index (χ2n) is 40.3. The van der Waals surface area contributed by atoms with Gasteiger partial charge in [-0.15, -0.1) is 6.58 Å². The fraction of sp³-hybridized carbons (Fsp3) is 0.885. The SMILES string of the molecule is C=CC(C)(O)CCC=C(C)C(=O)OC1C(O)COC(OC2C(COC(C)=O)OC(OC(=O)C34CCC(C)(C)CC3C3=CCC5C6(C)CCC(OC7OC(COC8OCC(O)C(OC9OCC(O)C(O)C9O)C8O)C(OC8OC(CO)C(O)C(O)C8O)C(O)C7NC(C)=O)C(C)(C)C6CCC5(C)C3(C)CC4O)C(OC3OCC(O)C(OC4OCC(O)(CO)C4O)C3O)C2O)C1O. The first-order valence-electron chi connectivity index (χ1n) is 44.9. The van der Waals surface area contributed by atoms with E-state index in [2.05, 4.69) is 66.4 Å². The lowest BCUT2D eigenvalue weighted by Gasteiger charge is -2.72. The second-order valence-corrected chi connectivity index (χ2v) is 40.3. The number of nitrogens with one attached hydrogen (secondary N) is 1. The monoisotopic (exact) mass is 1870 g/mol. The van der Waals surface area contributed by atoms with Crippen LogP contribution in [0, 0.1) is 50.2 Å². The highest BCUT2D eigenvalue weighted by Crippen LogP contribution is 2.76. The van der Waals surface area contributed by atoms with Gasteiger partial charge in [0.1, 0.15) is 158 Å². The Bertz CT molecular complexity index is 3950. The molecule has 13 rings (SSSR count). The van der Waals surface area contributed by atoms with Gasteiger partial charge in [-0.1, -0.05) is 72.3 Å². The summed E-state index contributed by atoms with van der Waals surface area (Å²) in [5.74, 6) is -4.58. The standard InChI is InChI=1S/C87H137NO42/c1-13-82(9,111)20-14-15-36(2)70(109)124-63-42(94)30-116-74(61(63)106)127-67-46(32-113-38(4)92)122-77(68(59(67)104)129-75-62(107)65(44(96)31-117-75)126-78-69(108)86(112,34-90)35-119-78)130-79(110)87-24-23-80(5,6)25-40(87)39-16-17-49-83(10)21-19-51(81(7,8)48(83)18-22-84(49,11)85(39,12)26-50(87)97)123-71-52(88-37(3)91)55(100)66(128-76-58(103)56(101)54(99)45(27-89)120-76)47(121-71)33-118-72-60(105)64(43(95)29-114-72)125-73-57(102)53(98)41(93)28-115-73/h13,15-16,40-69,71-78,89-90,93-108,111-112H,1,14,17-35H2,2-12H3,(H,88,91). The first kappa shape index (κ1) is 103. The smallest absolute Gasteiger partial charge is 0.333 e. The molecule has 43 nitrogen and oxygen atoms in total. The zero-order chi connectivity index (χ0) is 95.1. The zero-order valence-corrected chi connectivity index (χ0v) is 74.9. The van der Waals surface area contributed by atoms with Crippen LogP contribution in [0.4, 0.5) is 0 Å². The molecule has 44 atom stereocenters. The van der Waals surface area contributed by atoms with E-state index in [0.29, 0.717) is 44.9 Å². The summed E-state index contributed by atoms with van der Waals surface area (Å²) < 4.78 is 109. The van der Waals surface area contributed by atoms with Crippen LogP contribution in [0.2, 0.25) is 0 Å². The molecule has 0 spiro atoms. The molecule has 0 aromatic rings. The van der Waals surface area contributed by atoms with E-state index in [0.717, 1.165) is 12.5 Å². The number of amides is 1. The molecule has 4 saturated carbocycles. The molecule has 21 N–H and O–H groups in total. The highest BCUT2D eigenvalue weighted by molar-refractivity contribution is 5.88. The molecule has 742 valence electrons. The molecule has 0 aromatic carbocycles. The summed E-state index contributed by atoms with van der Waals surface area (Å²) in [5, 5.41) is 228. The minimum atomic E-state index is -2.22. The number of esters is 3. The molecular formula is C87H137NO42. The van der Waals surface area contributed by atoms with Crippen molar-refractivity contribution in [3.8, 4) is 0 Å². The van der Waals surface area contributed by atoms with Gasteiger partial charge in [0.05, 0.1) is 70.7 Å². The van der Waals surface area contributed by atoms with Gasteiger partial charge >= 0.3 is 17.9 Å². The summed E-state index contributed by atoms with van der Waals surface area (Å²) in [6, 6.07) is -1.49. The van der Waals surface area contributed by atoms with Gasteiger partial charge in [0, 0.05) is 19.4 Å². The molecule has 0 radical (unpaired) electrons. The van der Waals surface area contributed by atoms with Crippen LogP contribution in [0.15, 0.2) is 36.0 Å². The molecule has 8 aliphatic heterocycles. The van der Waals surface area contributed by atoms with E-state index >= 15 is 4.79 Å². The van der Waals surface area contributed by atoms with Gasteiger partial charge in [0.25, 0.3) is 0 Å². The van der Waals surface area contributed by atoms with E-state index in [1.807, 2.05) is 0 Å². The predicted octanol–water partition coefficient (Wildman–Crippen LogP) is -5.64. The molecule has 43 heteroatoms. The highest BCUT2D eigenvalue weighted by atomic mass is 16.8. The zero-order valence-electron chi connectivity index (χ0n) is 74.9. The number of carbonyl (C=O) groups is 4. The number of allylic oxidation sites excluding steroid dienone is 3. The Labute approximate surface area is 751 Å². The normalized spacial score (nSPS) is 48.9. The van der Waals surface area contributed by atoms with E-state index < -0.39 is 348 Å². The van der Waals surface area contributed by atoms with Crippen LogP contribution in [-0.4, -0.2) is 412 Å². The molecular weight excluding hydrogens is 1730 g/mol. The van der Waals surface area contributed by atoms with Gasteiger partial charge in [0.15, 0.2) is 56.2 Å². The molecule has 130 heavy (non-hydrogen) atoms. The molecule has 5 aliphatic carbocycles. The van der Waals surface area contributed by atoms with Crippen LogP contribution >= 0.6 is 0 Å². The Morgan fingerprint density at radius 3 is 1.72 bits per heavy atom. The number of fused-ring (bicyclic) bond motifs is 7. The molecule has 13 aliphatic rings. The van der Waals surface area contributed by atoms with Crippen LogP contribution in [0.3, 0.4) is 0 Å². The summed E-state index contributed by atoms with van der Waals surface area (Å²) in [6.07, 6.45) is -51.8. The molecule has 12 fully saturated rings. The van der Waals surface area contributed by atoms with Gasteiger partial charge in [-0.05, 0) is 129 Å².